The third-order valence-corrected chi connectivity index (χ3v) is 6.72. The highest BCUT2D eigenvalue weighted by Crippen LogP contribution is 2.27. The summed E-state index contributed by atoms with van der Waals surface area (Å²) < 4.78 is 46.4. The summed E-state index contributed by atoms with van der Waals surface area (Å²) in [6.45, 7) is 1.91. The van der Waals surface area contributed by atoms with Crippen LogP contribution >= 0.6 is 0 Å². The number of carbonyl (C=O) groups excluding carboxylic acids is 1. The van der Waals surface area contributed by atoms with Gasteiger partial charge in [-0.15, -0.1) is 0 Å². The molecule has 4 aromatic rings. The van der Waals surface area contributed by atoms with Crippen LogP contribution in [0.25, 0.3) is 5.78 Å². The maximum atomic E-state index is 13.8. The maximum Gasteiger partial charge on any atom is 0.233 e. The van der Waals surface area contributed by atoms with Gasteiger partial charge in [0.15, 0.2) is 17.3 Å². The Labute approximate surface area is 184 Å². The monoisotopic (exact) mass is 453 g/mol. The van der Waals surface area contributed by atoms with E-state index in [1.54, 1.807) is 42.0 Å². The molecule has 0 amide bonds. The Kier molecular flexibility index (Phi) is 6.00. The molecular weight excluding hydrogens is 433 g/mol. The molecule has 2 heterocycles. The molecule has 0 bridgehead atoms. The highest BCUT2D eigenvalue weighted by molar-refractivity contribution is 7.91. The summed E-state index contributed by atoms with van der Waals surface area (Å²) in [5, 5.41) is 0. The number of ether oxygens (including phenoxy) is 1. The Morgan fingerprint density at radius 3 is 2.59 bits per heavy atom. The van der Waals surface area contributed by atoms with E-state index in [0.717, 1.165) is 11.6 Å². The van der Waals surface area contributed by atoms with Gasteiger partial charge in [-0.1, -0.05) is 12.1 Å². The number of imidazole rings is 1. The molecule has 0 fully saturated rings. The van der Waals surface area contributed by atoms with Crippen molar-refractivity contribution in [3.63, 3.8) is 0 Å². The molecule has 0 saturated carbocycles. The minimum absolute atomic E-state index is 0.0485. The zero-order chi connectivity index (χ0) is 22.7. The first-order chi connectivity index (χ1) is 15.4. The van der Waals surface area contributed by atoms with Crippen molar-refractivity contribution >= 4 is 21.4 Å². The van der Waals surface area contributed by atoms with Crippen LogP contribution in [-0.4, -0.2) is 35.2 Å². The second-order valence-electron chi connectivity index (χ2n) is 7.07. The number of aromatic nitrogens is 3. The summed E-state index contributed by atoms with van der Waals surface area (Å²) in [6.07, 6.45) is 7.22. The molecule has 0 spiro atoms. The number of carbonyl (C=O) groups is 1. The molecule has 0 unspecified atom stereocenters. The highest BCUT2D eigenvalue weighted by Gasteiger charge is 2.20. The molecule has 0 aliphatic carbocycles. The van der Waals surface area contributed by atoms with E-state index in [0.29, 0.717) is 17.8 Å². The van der Waals surface area contributed by atoms with Crippen molar-refractivity contribution in [1.29, 1.82) is 0 Å². The van der Waals surface area contributed by atoms with Gasteiger partial charge in [0.25, 0.3) is 0 Å². The summed E-state index contributed by atoms with van der Waals surface area (Å²) in [6, 6.07) is 9.79. The lowest BCUT2D eigenvalue weighted by atomic mass is 10.0. The number of nitrogens with zero attached hydrogens (tertiary/aromatic N) is 3. The molecule has 0 N–H and O–H groups in total. The van der Waals surface area contributed by atoms with Crippen LogP contribution < -0.4 is 4.74 Å². The van der Waals surface area contributed by atoms with Gasteiger partial charge in [-0.05, 0) is 43.2 Å². The summed E-state index contributed by atoms with van der Waals surface area (Å²) in [4.78, 5) is 20.7. The van der Waals surface area contributed by atoms with E-state index in [2.05, 4.69) is 9.97 Å². The van der Waals surface area contributed by atoms with E-state index < -0.39 is 15.7 Å². The van der Waals surface area contributed by atoms with E-state index in [9.17, 15) is 17.6 Å². The fourth-order valence-corrected chi connectivity index (χ4v) is 4.53. The number of sulfone groups is 1. The van der Waals surface area contributed by atoms with Gasteiger partial charge >= 0.3 is 0 Å². The average molecular weight is 453 g/mol. The summed E-state index contributed by atoms with van der Waals surface area (Å²) in [7, 11) is -3.83. The number of hydrogen-bond acceptors (Lipinski definition) is 6. The fourth-order valence-electron chi connectivity index (χ4n) is 3.25. The van der Waals surface area contributed by atoms with Gasteiger partial charge in [-0.25, -0.2) is 22.8 Å². The number of hydrogen-bond donors (Lipinski definition) is 0. The van der Waals surface area contributed by atoms with Crippen molar-refractivity contribution in [2.75, 3.05) is 6.61 Å². The quantitative estimate of drug-likeness (QED) is 0.297. The first-order valence-electron chi connectivity index (χ1n) is 9.97. The van der Waals surface area contributed by atoms with Gasteiger partial charge in [-0.3, -0.25) is 9.20 Å². The first kappa shape index (κ1) is 21.6. The predicted molar refractivity (Wildman–Crippen MR) is 115 cm³/mol. The van der Waals surface area contributed by atoms with Gasteiger partial charge in [0.2, 0.25) is 15.6 Å². The molecule has 0 atom stereocenters. The average Bonchev–Trinajstić information content (AvgIpc) is 3.27. The lowest BCUT2D eigenvalue weighted by molar-refractivity contribution is 0.0982. The second-order valence-corrected chi connectivity index (χ2v) is 9.02. The topological polar surface area (TPSA) is 90.6 Å². The zero-order valence-electron chi connectivity index (χ0n) is 17.2. The molecule has 2 aromatic heterocycles. The van der Waals surface area contributed by atoms with E-state index in [-0.39, 0.29) is 34.4 Å². The Balaban J connectivity index is 1.46. The SMILES string of the molecule is CCOc1cc(S(=O)(=O)c2ccc(CCC(=O)c3cnc4nccn4c3)cc2)ccc1F. The van der Waals surface area contributed by atoms with E-state index in [4.69, 9.17) is 4.74 Å². The third-order valence-electron chi connectivity index (χ3n) is 4.95. The van der Waals surface area contributed by atoms with Gasteiger partial charge in [0.1, 0.15) is 0 Å². The first-order valence-corrected chi connectivity index (χ1v) is 11.4. The van der Waals surface area contributed by atoms with Crippen molar-refractivity contribution in [3.8, 4) is 5.75 Å². The molecule has 0 saturated heterocycles. The number of benzene rings is 2. The highest BCUT2D eigenvalue weighted by atomic mass is 32.2. The Morgan fingerprint density at radius 2 is 1.84 bits per heavy atom. The zero-order valence-corrected chi connectivity index (χ0v) is 18.0. The molecule has 32 heavy (non-hydrogen) atoms. The van der Waals surface area contributed by atoms with Crippen molar-refractivity contribution in [3.05, 3.63) is 84.2 Å². The molecule has 164 valence electrons. The molecule has 0 radical (unpaired) electrons. The number of ketones is 1. The number of fused-ring (bicyclic) bond motifs is 1. The van der Waals surface area contributed by atoms with Crippen LogP contribution in [0.1, 0.15) is 29.3 Å². The maximum absolute atomic E-state index is 13.8. The molecule has 4 rings (SSSR count). The number of aryl methyl sites for hydroxylation is 1. The van der Waals surface area contributed by atoms with Crippen LogP contribution in [0, 0.1) is 5.82 Å². The number of rotatable bonds is 8. The minimum atomic E-state index is -3.83. The van der Waals surface area contributed by atoms with E-state index >= 15 is 0 Å². The third kappa shape index (κ3) is 4.38. The molecule has 9 heteroatoms. The molecule has 0 aliphatic rings. The minimum Gasteiger partial charge on any atom is -0.491 e. The van der Waals surface area contributed by atoms with Crippen molar-refractivity contribution < 1.29 is 22.3 Å². The van der Waals surface area contributed by atoms with Crippen LogP contribution in [0.2, 0.25) is 0 Å². The fraction of sp³-hybridized carbons (Fsp3) is 0.174. The van der Waals surface area contributed by atoms with Crippen molar-refractivity contribution in [2.24, 2.45) is 0 Å². The number of halogens is 1. The summed E-state index contributed by atoms with van der Waals surface area (Å²) in [5.74, 6) is -0.271. The van der Waals surface area contributed by atoms with Crippen LogP contribution in [0.4, 0.5) is 4.39 Å². The standard InChI is InChI=1S/C23H20FN3O4S/c1-2-31-22-13-19(8-9-20(22)24)32(29,30)18-6-3-16(4-7-18)5-10-21(28)17-14-26-23-25-11-12-27(23)15-17/h3-4,6-9,11-15H,2,5,10H2,1H3. The predicted octanol–water partition coefficient (Wildman–Crippen LogP) is 3.92. The molecule has 7 nitrogen and oxygen atoms in total. The Morgan fingerprint density at radius 1 is 1.09 bits per heavy atom. The van der Waals surface area contributed by atoms with Crippen molar-refractivity contribution in [1.82, 2.24) is 14.4 Å². The Bertz CT molecular complexity index is 1380. The van der Waals surface area contributed by atoms with Gasteiger partial charge < -0.3 is 4.74 Å². The molecule has 0 aliphatic heterocycles. The van der Waals surface area contributed by atoms with Crippen LogP contribution in [0.5, 0.6) is 5.75 Å². The van der Waals surface area contributed by atoms with Crippen LogP contribution in [-0.2, 0) is 16.3 Å². The lowest BCUT2D eigenvalue weighted by Crippen LogP contribution is -2.05. The lowest BCUT2D eigenvalue weighted by Gasteiger charge is -2.09. The summed E-state index contributed by atoms with van der Waals surface area (Å²) >= 11 is 0. The summed E-state index contributed by atoms with van der Waals surface area (Å²) in [5.41, 5.74) is 1.30. The van der Waals surface area contributed by atoms with Gasteiger partial charge in [0, 0.05) is 37.3 Å². The van der Waals surface area contributed by atoms with Crippen LogP contribution in [0.3, 0.4) is 0 Å². The van der Waals surface area contributed by atoms with E-state index in [1.165, 1.54) is 30.5 Å². The smallest absolute Gasteiger partial charge is 0.233 e. The largest absolute Gasteiger partial charge is 0.491 e. The normalized spacial score (nSPS) is 11.6. The number of Topliss-reactive ketones (excluding diaryl/α,β-unsaturated/α-hetero) is 1. The van der Waals surface area contributed by atoms with Gasteiger partial charge in [0.05, 0.1) is 22.0 Å². The van der Waals surface area contributed by atoms with Crippen molar-refractivity contribution in [2.45, 2.75) is 29.6 Å². The van der Waals surface area contributed by atoms with Crippen LogP contribution in [0.15, 0.2) is 77.0 Å². The second kappa shape index (κ2) is 8.88. The Hall–Kier alpha value is -3.59. The van der Waals surface area contributed by atoms with Gasteiger partial charge in [-0.2, -0.15) is 0 Å². The molecule has 2 aromatic carbocycles. The molecular formula is C23H20FN3O4S. The van der Waals surface area contributed by atoms with E-state index in [1.807, 2.05) is 0 Å².